The van der Waals surface area contributed by atoms with Crippen LogP contribution in [0.5, 0.6) is 0 Å². The standard InChI is InChI=1S/C8H4N4OS/c13-8-3-9-4-1-6-7(12-14-11-6)2-5(4)10-8/h1-3H,(H,10,13). The number of H-pyrrole nitrogens is 1. The Morgan fingerprint density at radius 3 is 2.79 bits per heavy atom. The number of nitrogens with one attached hydrogen (secondary N) is 1. The first-order valence-electron chi connectivity index (χ1n) is 3.94. The molecule has 0 aliphatic heterocycles. The second-order valence-corrected chi connectivity index (χ2v) is 3.40. The van der Waals surface area contributed by atoms with Crippen LogP contribution in [0, 0.1) is 0 Å². The zero-order valence-electron chi connectivity index (χ0n) is 6.89. The number of fused-ring (bicyclic) bond motifs is 2. The van der Waals surface area contributed by atoms with Gasteiger partial charge in [0.05, 0.1) is 29.0 Å². The second kappa shape index (κ2) is 2.58. The molecule has 3 rings (SSSR count). The van der Waals surface area contributed by atoms with Gasteiger partial charge in [-0.15, -0.1) is 0 Å². The van der Waals surface area contributed by atoms with E-state index in [1.54, 1.807) is 6.07 Å². The van der Waals surface area contributed by atoms with Crippen LogP contribution in [0.15, 0.2) is 23.1 Å². The zero-order valence-corrected chi connectivity index (χ0v) is 7.71. The second-order valence-electron chi connectivity index (χ2n) is 2.87. The molecule has 0 bridgehead atoms. The lowest BCUT2D eigenvalue weighted by atomic mass is 10.2. The Morgan fingerprint density at radius 2 is 1.93 bits per heavy atom. The zero-order chi connectivity index (χ0) is 9.54. The number of hydrogen-bond acceptors (Lipinski definition) is 5. The van der Waals surface area contributed by atoms with Crippen LogP contribution in [-0.2, 0) is 0 Å². The monoisotopic (exact) mass is 204 g/mol. The molecule has 1 aromatic carbocycles. The Bertz CT molecular complexity index is 671. The van der Waals surface area contributed by atoms with Crippen LogP contribution < -0.4 is 5.56 Å². The molecule has 14 heavy (non-hydrogen) atoms. The first-order chi connectivity index (χ1) is 6.83. The summed E-state index contributed by atoms with van der Waals surface area (Å²) >= 11 is 1.15. The lowest BCUT2D eigenvalue weighted by molar-refractivity contribution is 1.22. The normalized spacial score (nSPS) is 11.1. The van der Waals surface area contributed by atoms with E-state index in [9.17, 15) is 4.79 Å². The van der Waals surface area contributed by atoms with Crippen molar-refractivity contribution in [1.82, 2.24) is 18.7 Å². The molecule has 0 spiro atoms. The predicted octanol–water partition coefficient (Wildman–Crippen LogP) is 0.928. The van der Waals surface area contributed by atoms with E-state index in [2.05, 4.69) is 18.7 Å². The maximum atomic E-state index is 11.0. The molecule has 2 aromatic heterocycles. The van der Waals surface area contributed by atoms with Crippen LogP contribution in [0.1, 0.15) is 0 Å². The van der Waals surface area contributed by atoms with Crippen LogP contribution in [-0.4, -0.2) is 18.7 Å². The number of benzene rings is 1. The minimum Gasteiger partial charge on any atom is -0.319 e. The quantitative estimate of drug-likeness (QED) is 0.591. The minimum absolute atomic E-state index is 0.208. The molecule has 0 fully saturated rings. The van der Waals surface area contributed by atoms with Crippen molar-refractivity contribution in [1.29, 1.82) is 0 Å². The largest absolute Gasteiger partial charge is 0.319 e. The Hall–Kier alpha value is -1.82. The highest BCUT2D eigenvalue weighted by molar-refractivity contribution is 7.00. The fraction of sp³-hybridized carbons (Fsp3) is 0. The third kappa shape index (κ3) is 1.01. The van der Waals surface area contributed by atoms with Gasteiger partial charge in [-0.1, -0.05) is 0 Å². The number of hydrogen-bond donors (Lipinski definition) is 1. The van der Waals surface area contributed by atoms with Gasteiger partial charge in [-0.05, 0) is 12.1 Å². The van der Waals surface area contributed by atoms with Crippen molar-refractivity contribution in [3.05, 3.63) is 28.7 Å². The molecule has 0 atom stereocenters. The first kappa shape index (κ1) is 7.57. The maximum absolute atomic E-state index is 11.0. The Balaban J connectivity index is 2.56. The average molecular weight is 204 g/mol. The summed E-state index contributed by atoms with van der Waals surface area (Å²) in [5.41, 5.74) is 2.80. The van der Waals surface area contributed by atoms with Crippen molar-refractivity contribution in [2.24, 2.45) is 0 Å². The molecule has 0 saturated heterocycles. The molecule has 0 saturated carbocycles. The first-order valence-corrected chi connectivity index (χ1v) is 4.67. The molecule has 6 heteroatoms. The molecular formula is C8H4N4OS. The molecule has 0 amide bonds. The molecule has 3 aromatic rings. The molecular weight excluding hydrogens is 200 g/mol. The number of nitrogens with zero attached hydrogens (tertiary/aromatic N) is 3. The molecule has 0 aliphatic rings. The van der Waals surface area contributed by atoms with Crippen molar-refractivity contribution < 1.29 is 0 Å². The molecule has 0 radical (unpaired) electrons. The lowest BCUT2D eigenvalue weighted by Crippen LogP contribution is -2.04. The van der Waals surface area contributed by atoms with Gasteiger partial charge >= 0.3 is 0 Å². The van der Waals surface area contributed by atoms with Gasteiger partial charge in [0.2, 0.25) is 0 Å². The van der Waals surface area contributed by atoms with Gasteiger partial charge < -0.3 is 4.98 Å². The van der Waals surface area contributed by atoms with E-state index in [0.29, 0.717) is 5.52 Å². The average Bonchev–Trinajstić information content (AvgIpc) is 2.61. The van der Waals surface area contributed by atoms with Crippen molar-refractivity contribution in [3.63, 3.8) is 0 Å². The fourth-order valence-electron chi connectivity index (χ4n) is 1.32. The highest BCUT2D eigenvalue weighted by Gasteiger charge is 2.02. The lowest BCUT2D eigenvalue weighted by Gasteiger charge is -1.94. The van der Waals surface area contributed by atoms with E-state index in [1.807, 2.05) is 6.07 Å². The minimum atomic E-state index is -0.208. The van der Waals surface area contributed by atoms with Crippen LogP contribution in [0.2, 0.25) is 0 Å². The summed E-state index contributed by atoms with van der Waals surface area (Å²) in [5, 5.41) is 0. The topological polar surface area (TPSA) is 71.5 Å². The van der Waals surface area contributed by atoms with Gasteiger partial charge in [0.1, 0.15) is 11.0 Å². The van der Waals surface area contributed by atoms with E-state index in [4.69, 9.17) is 0 Å². The van der Waals surface area contributed by atoms with Gasteiger partial charge in [-0.3, -0.25) is 4.79 Å². The van der Waals surface area contributed by atoms with E-state index >= 15 is 0 Å². The Kier molecular flexibility index (Phi) is 1.40. The third-order valence-electron chi connectivity index (χ3n) is 1.95. The number of rotatable bonds is 0. The van der Waals surface area contributed by atoms with Gasteiger partial charge in [-0.25, -0.2) is 4.98 Å². The van der Waals surface area contributed by atoms with Crippen LogP contribution in [0.4, 0.5) is 0 Å². The van der Waals surface area contributed by atoms with Crippen LogP contribution >= 0.6 is 11.7 Å². The van der Waals surface area contributed by atoms with E-state index in [1.165, 1.54) is 6.20 Å². The Labute approximate surface area is 81.8 Å². The predicted molar refractivity (Wildman–Crippen MR) is 53.3 cm³/mol. The van der Waals surface area contributed by atoms with Crippen LogP contribution in [0.3, 0.4) is 0 Å². The van der Waals surface area contributed by atoms with E-state index < -0.39 is 0 Å². The fourth-order valence-corrected chi connectivity index (χ4v) is 1.83. The molecule has 5 nitrogen and oxygen atoms in total. The molecule has 2 heterocycles. The molecule has 1 N–H and O–H groups in total. The molecule has 0 aliphatic carbocycles. The van der Waals surface area contributed by atoms with Crippen molar-refractivity contribution >= 4 is 33.8 Å². The van der Waals surface area contributed by atoms with Crippen molar-refractivity contribution in [2.75, 3.05) is 0 Å². The van der Waals surface area contributed by atoms with Crippen molar-refractivity contribution in [3.8, 4) is 0 Å². The molecule has 68 valence electrons. The Morgan fingerprint density at radius 1 is 1.14 bits per heavy atom. The SMILES string of the molecule is O=c1cnc2cc3nsnc3cc2[nH]1. The third-order valence-corrected chi connectivity index (χ3v) is 2.51. The summed E-state index contributed by atoms with van der Waals surface area (Å²) in [7, 11) is 0. The highest BCUT2D eigenvalue weighted by atomic mass is 32.1. The van der Waals surface area contributed by atoms with Crippen LogP contribution in [0.25, 0.3) is 22.1 Å². The summed E-state index contributed by atoms with van der Waals surface area (Å²) in [6, 6.07) is 3.59. The molecule has 0 unspecified atom stereocenters. The summed E-state index contributed by atoms with van der Waals surface area (Å²) in [4.78, 5) is 17.7. The summed E-state index contributed by atoms with van der Waals surface area (Å²) in [5.74, 6) is 0. The van der Waals surface area contributed by atoms with Gasteiger partial charge in [-0.2, -0.15) is 8.75 Å². The van der Waals surface area contributed by atoms with Crippen molar-refractivity contribution in [2.45, 2.75) is 0 Å². The highest BCUT2D eigenvalue weighted by Crippen LogP contribution is 2.16. The summed E-state index contributed by atoms with van der Waals surface area (Å²) < 4.78 is 8.17. The van der Waals surface area contributed by atoms with E-state index in [-0.39, 0.29) is 5.56 Å². The number of aromatic nitrogens is 4. The maximum Gasteiger partial charge on any atom is 0.266 e. The smallest absolute Gasteiger partial charge is 0.266 e. The van der Waals surface area contributed by atoms with Gasteiger partial charge in [0.25, 0.3) is 5.56 Å². The number of aromatic amines is 1. The summed E-state index contributed by atoms with van der Waals surface area (Å²) in [6.07, 6.45) is 1.26. The van der Waals surface area contributed by atoms with E-state index in [0.717, 1.165) is 28.3 Å². The van der Waals surface area contributed by atoms with Gasteiger partial charge in [0.15, 0.2) is 0 Å². The summed E-state index contributed by atoms with van der Waals surface area (Å²) in [6.45, 7) is 0. The van der Waals surface area contributed by atoms with Gasteiger partial charge in [0, 0.05) is 0 Å².